The summed E-state index contributed by atoms with van der Waals surface area (Å²) in [5.74, 6) is 1.79. The van der Waals surface area contributed by atoms with Crippen molar-refractivity contribution in [3.63, 3.8) is 0 Å². The molecule has 1 aliphatic carbocycles. The minimum Gasteiger partial charge on any atom is -0.494 e. The number of fused-ring (bicyclic) bond motifs is 4. The first-order valence-electron chi connectivity index (χ1n) is 16.4. The summed E-state index contributed by atoms with van der Waals surface area (Å²) in [6.45, 7) is 4.07. The summed E-state index contributed by atoms with van der Waals surface area (Å²) in [5.41, 5.74) is 7.84. The number of nitrogens with zero attached hydrogens (tertiary/aromatic N) is 2. The Morgan fingerprint density at radius 2 is 1.48 bits per heavy atom. The first-order valence-corrected chi connectivity index (χ1v) is 16.4. The summed E-state index contributed by atoms with van der Waals surface area (Å²) in [5, 5.41) is 0. The van der Waals surface area contributed by atoms with Crippen LogP contribution >= 0.6 is 0 Å². The van der Waals surface area contributed by atoms with E-state index in [2.05, 4.69) is 23.2 Å². The van der Waals surface area contributed by atoms with Crippen LogP contribution in [-0.4, -0.2) is 48.6 Å². The van der Waals surface area contributed by atoms with Crippen LogP contribution in [0.25, 0.3) is 11.6 Å². The molecular weight excluding hydrogens is 572 g/mol. The fraction of sp³-hybridized carbons (Fsp3) is 0.275. The number of carbonyl (C=O) groups excluding carboxylic acids is 2. The first-order chi connectivity index (χ1) is 22.6. The Morgan fingerprint density at radius 1 is 0.783 bits per heavy atom. The summed E-state index contributed by atoms with van der Waals surface area (Å²) in [7, 11) is 0. The van der Waals surface area contributed by atoms with Gasteiger partial charge in [0.2, 0.25) is 0 Å². The molecule has 6 nitrogen and oxygen atoms in total. The quantitative estimate of drug-likeness (QED) is 0.149. The van der Waals surface area contributed by atoms with E-state index in [0.717, 1.165) is 95.5 Å². The minimum absolute atomic E-state index is 0.0729. The molecule has 2 heterocycles. The molecule has 0 radical (unpaired) electrons. The molecule has 1 atom stereocenters. The Labute approximate surface area is 270 Å². The van der Waals surface area contributed by atoms with Gasteiger partial charge in [-0.3, -0.25) is 14.6 Å². The predicted octanol–water partition coefficient (Wildman–Crippen LogP) is 8.47. The van der Waals surface area contributed by atoms with Gasteiger partial charge in [-0.15, -0.1) is 0 Å². The van der Waals surface area contributed by atoms with Gasteiger partial charge in [-0.25, -0.2) is 0 Å². The highest BCUT2D eigenvalue weighted by molar-refractivity contribution is 6.20. The molecule has 0 unspecified atom stereocenters. The second kappa shape index (κ2) is 13.2. The Morgan fingerprint density at radius 3 is 2.22 bits per heavy atom. The smallest absolute Gasteiger partial charge is 0.256 e. The zero-order valence-corrected chi connectivity index (χ0v) is 26.2. The van der Waals surface area contributed by atoms with E-state index in [-0.39, 0.29) is 17.7 Å². The zero-order valence-electron chi connectivity index (χ0n) is 26.2. The molecular formula is C40H38N2O4. The van der Waals surface area contributed by atoms with Gasteiger partial charge < -0.3 is 14.4 Å². The van der Waals surface area contributed by atoms with Crippen LogP contribution in [0.4, 0.5) is 5.69 Å². The molecule has 0 N–H and O–H groups in total. The van der Waals surface area contributed by atoms with Gasteiger partial charge in [0.05, 0.1) is 30.5 Å². The highest BCUT2D eigenvalue weighted by Gasteiger charge is 2.32. The van der Waals surface area contributed by atoms with Crippen LogP contribution < -0.4 is 9.47 Å². The van der Waals surface area contributed by atoms with Gasteiger partial charge >= 0.3 is 0 Å². The molecule has 2 aliphatic heterocycles. The number of aliphatic imine (C=N–C) groups is 1. The van der Waals surface area contributed by atoms with E-state index in [1.807, 2.05) is 90.8 Å². The molecule has 0 spiro atoms. The molecule has 6 heteroatoms. The third kappa shape index (κ3) is 6.00. The molecule has 7 rings (SSSR count). The van der Waals surface area contributed by atoms with Gasteiger partial charge in [-0.1, -0.05) is 60.7 Å². The number of unbranched alkanes of at least 4 members (excludes halogenated alkanes) is 3. The highest BCUT2D eigenvalue weighted by Crippen LogP contribution is 2.37. The fourth-order valence-corrected chi connectivity index (χ4v) is 6.70. The van der Waals surface area contributed by atoms with Gasteiger partial charge in [0.1, 0.15) is 11.5 Å². The van der Waals surface area contributed by atoms with E-state index >= 15 is 0 Å². The van der Waals surface area contributed by atoms with Gasteiger partial charge in [0.15, 0.2) is 5.78 Å². The van der Waals surface area contributed by atoms with Gasteiger partial charge in [0.25, 0.3) is 5.91 Å². The van der Waals surface area contributed by atoms with E-state index < -0.39 is 0 Å². The molecule has 0 bridgehead atoms. The Hall–Kier alpha value is -4.97. The topological polar surface area (TPSA) is 68.2 Å². The van der Waals surface area contributed by atoms with Crippen LogP contribution in [0.2, 0.25) is 0 Å². The van der Waals surface area contributed by atoms with Crippen LogP contribution in [0.15, 0.2) is 89.9 Å². The highest BCUT2D eigenvalue weighted by atomic mass is 16.5. The number of benzene rings is 4. The van der Waals surface area contributed by atoms with Crippen LogP contribution in [-0.2, 0) is 0 Å². The van der Waals surface area contributed by atoms with E-state index in [0.29, 0.717) is 24.5 Å². The van der Waals surface area contributed by atoms with Crippen molar-refractivity contribution < 1.29 is 19.1 Å². The van der Waals surface area contributed by atoms with Crippen molar-refractivity contribution in [2.45, 2.75) is 51.5 Å². The summed E-state index contributed by atoms with van der Waals surface area (Å²) in [6.07, 6.45) is 10.1. The summed E-state index contributed by atoms with van der Waals surface area (Å²) >= 11 is 0. The number of hydrogen-bond acceptors (Lipinski definition) is 5. The Kier molecular flexibility index (Phi) is 8.51. The second-order valence-electron chi connectivity index (χ2n) is 12.3. The average Bonchev–Trinajstić information content (AvgIpc) is 3.52. The summed E-state index contributed by atoms with van der Waals surface area (Å²) < 4.78 is 12.2. The summed E-state index contributed by atoms with van der Waals surface area (Å²) in [4.78, 5) is 32.7. The largest absolute Gasteiger partial charge is 0.494 e. The third-order valence-electron chi connectivity index (χ3n) is 9.13. The van der Waals surface area contributed by atoms with E-state index in [1.165, 1.54) is 0 Å². The van der Waals surface area contributed by atoms with Crippen molar-refractivity contribution in [2.75, 3.05) is 19.8 Å². The normalized spacial score (nSPS) is 16.3. The van der Waals surface area contributed by atoms with Gasteiger partial charge in [0, 0.05) is 30.0 Å². The lowest BCUT2D eigenvalue weighted by Gasteiger charge is -2.21. The molecule has 0 saturated carbocycles. The fourth-order valence-electron chi connectivity index (χ4n) is 6.70. The minimum atomic E-state index is 0.0729. The number of carbonyl (C=O) groups is 2. The molecule has 1 saturated heterocycles. The first kappa shape index (κ1) is 29.7. The van der Waals surface area contributed by atoms with E-state index in [4.69, 9.17) is 9.47 Å². The monoisotopic (exact) mass is 610 g/mol. The Balaban J connectivity index is 0.899. The molecule has 1 fully saturated rings. The molecule has 1 amide bonds. The SMILES string of the molecule is Cc1cc2c(cc1OCCCCCCOc1cccc(C=C3c4ccccc4C(=O)c4ccccc43)c1)N=C[C@@H]1CCCN1C2=O. The van der Waals surface area contributed by atoms with Crippen molar-refractivity contribution in [3.05, 3.63) is 124 Å². The average molecular weight is 611 g/mol. The maximum absolute atomic E-state index is 13.1. The van der Waals surface area contributed by atoms with Crippen molar-refractivity contribution in [3.8, 4) is 11.5 Å². The van der Waals surface area contributed by atoms with E-state index in [9.17, 15) is 9.59 Å². The molecule has 0 aromatic heterocycles. The van der Waals surface area contributed by atoms with Gasteiger partial charge in [-0.05, 0) is 97.6 Å². The zero-order chi connectivity index (χ0) is 31.5. The van der Waals surface area contributed by atoms with Crippen LogP contribution in [0, 0.1) is 6.92 Å². The molecule has 4 aromatic carbocycles. The van der Waals surface area contributed by atoms with Crippen LogP contribution in [0.3, 0.4) is 0 Å². The van der Waals surface area contributed by atoms with Crippen molar-refractivity contribution in [1.82, 2.24) is 4.90 Å². The lowest BCUT2D eigenvalue weighted by Crippen LogP contribution is -2.35. The van der Waals surface area contributed by atoms with Crippen LogP contribution in [0.5, 0.6) is 11.5 Å². The Bertz CT molecular complexity index is 1800. The second-order valence-corrected chi connectivity index (χ2v) is 12.3. The lowest BCUT2D eigenvalue weighted by atomic mass is 9.81. The number of rotatable bonds is 10. The molecule has 46 heavy (non-hydrogen) atoms. The van der Waals surface area contributed by atoms with Crippen molar-refractivity contribution >= 4 is 35.2 Å². The lowest BCUT2D eigenvalue weighted by molar-refractivity contribution is 0.0774. The number of amides is 1. The number of hydrogen-bond donors (Lipinski definition) is 0. The van der Waals surface area contributed by atoms with E-state index in [1.54, 1.807) is 0 Å². The third-order valence-corrected chi connectivity index (χ3v) is 9.13. The summed E-state index contributed by atoms with van der Waals surface area (Å²) in [6, 6.07) is 27.8. The predicted molar refractivity (Wildman–Crippen MR) is 183 cm³/mol. The standard InChI is InChI=1S/C40H38N2O4/c1-27-22-36-37(41-26-29-13-11-19-42(29)40(36)44)25-38(27)46-21-9-3-2-8-20-45-30-14-10-12-28(23-30)24-35-31-15-4-6-17-33(31)39(43)34-18-7-5-16-32(34)35/h4-7,10,12,14-18,22-26,29H,2-3,8-9,11,13,19-21H2,1H3/t29-/m0/s1. The molecule has 3 aliphatic rings. The number of aryl methyl sites for hydroxylation is 1. The number of ketones is 1. The van der Waals surface area contributed by atoms with Crippen molar-refractivity contribution in [2.24, 2.45) is 4.99 Å². The maximum atomic E-state index is 13.1. The van der Waals surface area contributed by atoms with Gasteiger partial charge in [-0.2, -0.15) is 0 Å². The van der Waals surface area contributed by atoms with Crippen LogP contribution in [0.1, 0.15) is 87.1 Å². The molecule has 4 aromatic rings. The maximum Gasteiger partial charge on any atom is 0.256 e. The molecule has 232 valence electrons. The van der Waals surface area contributed by atoms with Crippen molar-refractivity contribution in [1.29, 1.82) is 0 Å². The number of ether oxygens (including phenoxy) is 2.